The van der Waals surface area contributed by atoms with Gasteiger partial charge < -0.3 is 5.73 Å². The molecule has 94 valence electrons. The summed E-state index contributed by atoms with van der Waals surface area (Å²) in [7, 11) is 0. The van der Waals surface area contributed by atoms with Gasteiger partial charge in [-0.3, -0.25) is 0 Å². The van der Waals surface area contributed by atoms with E-state index < -0.39 is 11.6 Å². The van der Waals surface area contributed by atoms with Crippen molar-refractivity contribution in [2.75, 3.05) is 0 Å². The van der Waals surface area contributed by atoms with E-state index in [4.69, 9.17) is 5.73 Å². The van der Waals surface area contributed by atoms with E-state index in [1.165, 1.54) is 6.07 Å². The molecule has 2 N–H and O–H groups in total. The number of hydrogen-bond donors (Lipinski definition) is 1. The first-order valence-corrected chi connectivity index (χ1v) is 5.82. The fourth-order valence-corrected chi connectivity index (χ4v) is 1.96. The van der Waals surface area contributed by atoms with E-state index in [9.17, 15) is 8.78 Å². The normalized spacial score (nSPS) is 12.4. The zero-order chi connectivity index (χ0) is 13.1. The molecule has 0 saturated carbocycles. The predicted molar refractivity (Wildman–Crippen MR) is 68.2 cm³/mol. The number of halogens is 2. The van der Waals surface area contributed by atoms with Crippen LogP contribution in [0.4, 0.5) is 8.78 Å². The Morgan fingerprint density at radius 3 is 2.61 bits per heavy atom. The molecule has 0 spiro atoms. The standard InChI is InChI=1S/C15H15F2N/c1-10-3-2-4-11(7-10)15(18)9-12-8-13(16)5-6-14(12)17/h2-8,15H,9,18H2,1H3/t15-/m1/s1. The zero-order valence-corrected chi connectivity index (χ0v) is 10.2. The van der Waals surface area contributed by atoms with Crippen LogP contribution in [0.5, 0.6) is 0 Å². The van der Waals surface area contributed by atoms with Crippen LogP contribution in [0, 0.1) is 18.6 Å². The summed E-state index contributed by atoms with van der Waals surface area (Å²) in [6, 6.07) is 10.8. The van der Waals surface area contributed by atoms with E-state index in [1.807, 2.05) is 31.2 Å². The van der Waals surface area contributed by atoms with E-state index in [2.05, 4.69) is 0 Å². The van der Waals surface area contributed by atoms with Crippen LogP contribution in [0.2, 0.25) is 0 Å². The topological polar surface area (TPSA) is 26.0 Å². The lowest BCUT2D eigenvalue weighted by molar-refractivity contribution is 0.572. The number of aryl methyl sites for hydroxylation is 1. The van der Waals surface area contributed by atoms with Gasteiger partial charge in [0, 0.05) is 6.04 Å². The highest BCUT2D eigenvalue weighted by Gasteiger charge is 2.11. The van der Waals surface area contributed by atoms with Crippen LogP contribution in [-0.2, 0) is 6.42 Å². The van der Waals surface area contributed by atoms with Crippen LogP contribution in [0.15, 0.2) is 42.5 Å². The summed E-state index contributed by atoms with van der Waals surface area (Å²) in [5.41, 5.74) is 8.36. The van der Waals surface area contributed by atoms with Gasteiger partial charge in [0.2, 0.25) is 0 Å². The molecule has 2 aromatic carbocycles. The lowest BCUT2D eigenvalue weighted by Gasteiger charge is -2.13. The summed E-state index contributed by atoms with van der Waals surface area (Å²) in [6.45, 7) is 1.97. The molecule has 0 aliphatic rings. The SMILES string of the molecule is Cc1cccc([C@H](N)Cc2cc(F)ccc2F)c1. The highest BCUT2D eigenvalue weighted by molar-refractivity contribution is 5.28. The van der Waals surface area contributed by atoms with Crippen LogP contribution in [-0.4, -0.2) is 0 Å². The maximum Gasteiger partial charge on any atom is 0.126 e. The average Bonchev–Trinajstić information content (AvgIpc) is 2.34. The van der Waals surface area contributed by atoms with E-state index >= 15 is 0 Å². The Balaban J connectivity index is 2.21. The van der Waals surface area contributed by atoms with Crippen LogP contribution in [0.3, 0.4) is 0 Å². The van der Waals surface area contributed by atoms with Crippen molar-refractivity contribution in [1.82, 2.24) is 0 Å². The lowest BCUT2D eigenvalue weighted by Crippen LogP contribution is -2.14. The molecule has 0 aromatic heterocycles. The molecule has 0 heterocycles. The van der Waals surface area contributed by atoms with Crippen LogP contribution in [0.25, 0.3) is 0 Å². The van der Waals surface area contributed by atoms with Crippen molar-refractivity contribution in [3.05, 3.63) is 70.8 Å². The summed E-state index contributed by atoms with van der Waals surface area (Å²) in [6.07, 6.45) is 0.285. The molecule has 0 saturated heterocycles. The molecule has 1 nitrogen and oxygen atoms in total. The van der Waals surface area contributed by atoms with Crippen molar-refractivity contribution in [1.29, 1.82) is 0 Å². The molecule has 18 heavy (non-hydrogen) atoms. The molecular formula is C15H15F2N. The van der Waals surface area contributed by atoms with Crippen LogP contribution >= 0.6 is 0 Å². The van der Waals surface area contributed by atoms with Gasteiger partial charge in [-0.15, -0.1) is 0 Å². The first kappa shape index (κ1) is 12.7. The van der Waals surface area contributed by atoms with Crippen molar-refractivity contribution in [3.63, 3.8) is 0 Å². The molecule has 0 radical (unpaired) electrons. The molecule has 2 rings (SSSR count). The van der Waals surface area contributed by atoms with Crippen molar-refractivity contribution in [2.24, 2.45) is 5.73 Å². The van der Waals surface area contributed by atoms with Crippen LogP contribution < -0.4 is 5.73 Å². The van der Waals surface area contributed by atoms with Crippen LogP contribution in [0.1, 0.15) is 22.7 Å². The second-order valence-corrected chi connectivity index (χ2v) is 4.46. The van der Waals surface area contributed by atoms with E-state index in [0.29, 0.717) is 5.56 Å². The molecule has 2 aromatic rings. The Kier molecular flexibility index (Phi) is 3.72. The average molecular weight is 247 g/mol. The predicted octanol–water partition coefficient (Wildman–Crippen LogP) is 3.52. The van der Waals surface area contributed by atoms with Gasteiger partial charge in [0.05, 0.1) is 0 Å². The monoisotopic (exact) mass is 247 g/mol. The number of rotatable bonds is 3. The first-order chi connectivity index (χ1) is 8.56. The number of hydrogen-bond acceptors (Lipinski definition) is 1. The maximum atomic E-state index is 13.5. The van der Waals surface area contributed by atoms with E-state index in [1.54, 1.807) is 0 Å². The third kappa shape index (κ3) is 2.93. The molecule has 3 heteroatoms. The fourth-order valence-electron chi connectivity index (χ4n) is 1.96. The van der Waals surface area contributed by atoms with Gasteiger partial charge >= 0.3 is 0 Å². The van der Waals surface area contributed by atoms with Crippen molar-refractivity contribution >= 4 is 0 Å². The van der Waals surface area contributed by atoms with E-state index in [-0.39, 0.29) is 12.5 Å². The second kappa shape index (κ2) is 5.27. The number of nitrogens with two attached hydrogens (primary N) is 1. The molecule has 0 aliphatic heterocycles. The van der Waals surface area contributed by atoms with Gasteiger partial charge in [0.15, 0.2) is 0 Å². The summed E-state index contributed by atoms with van der Waals surface area (Å²) in [5.74, 6) is -0.859. The smallest absolute Gasteiger partial charge is 0.126 e. The fraction of sp³-hybridized carbons (Fsp3) is 0.200. The summed E-state index contributed by atoms with van der Waals surface area (Å²) >= 11 is 0. The largest absolute Gasteiger partial charge is 0.324 e. The quantitative estimate of drug-likeness (QED) is 0.882. The zero-order valence-electron chi connectivity index (χ0n) is 10.2. The highest BCUT2D eigenvalue weighted by atomic mass is 19.1. The summed E-state index contributed by atoms with van der Waals surface area (Å²) in [4.78, 5) is 0. The Labute approximate surface area is 105 Å². The molecular weight excluding hydrogens is 232 g/mol. The first-order valence-electron chi connectivity index (χ1n) is 5.82. The molecule has 0 aliphatic carbocycles. The number of benzene rings is 2. The van der Waals surface area contributed by atoms with Gasteiger partial charge in [-0.2, -0.15) is 0 Å². The molecule has 0 unspecified atom stereocenters. The minimum absolute atomic E-state index is 0.285. The third-order valence-corrected chi connectivity index (χ3v) is 2.92. The van der Waals surface area contributed by atoms with Gasteiger partial charge in [0.1, 0.15) is 11.6 Å². The Bertz CT molecular complexity index is 552. The highest BCUT2D eigenvalue weighted by Crippen LogP contribution is 2.19. The van der Waals surface area contributed by atoms with Crippen molar-refractivity contribution < 1.29 is 8.78 Å². The lowest BCUT2D eigenvalue weighted by atomic mass is 9.98. The molecule has 1 atom stereocenters. The van der Waals surface area contributed by atoms with Gasteiger partial charge in [-0.25, -0.2) is 8.78 Å². The Morgan fingerprint density at radius 1 is 1.11 bits per heavy atom. The van der Waals surface area contributed by atoms with Gasteiger partial charge in [-0.1, -0.05) is 29.8 Å². The second-order valence-electron chi connectivity index (χ2n) is 4.46. The van der Waals surface area contributed by atoms with Gasteiger partial charge in [-0.05, 0) is 42.7 Å². The Morgan fingerprint density at radius 2 is 1.89 bits per heavy atom. The van der Waals surface area contributed by atoms with Crippen molar-refractivity contribution in [2.45, 2.75) is 19.4 Å². The molecule has 0 fully saturated rings. The summed E-state index contributed by atoms with van der Waals surface area (Å²) < 4.78 is 26.6. The minimum Gasteiger partial charge on any atom is -0.324 e. The molecule has 0 amide bonds. The maximum absolute atomic E-state index is 13.5. The Hall–Kier alpha value is -1.74. The summed E-state index contributed by atoms with van der Waals surface area (Å²) in [5, 5.41) is 0. The third-order valence-electron chi connectivity index (χ3n) is 2.92. The van der Waals surface area contributed by atoms with Crippen molar-refractivity contribution in [3.8, 4) is 0 Å². The minimum atomic E-state index is -0.442. The van der Waals surface area contributed by atoms with E-state index in [0.717, 1.165) is 23.3 Å². The van der Waals surface area contributed by atoms with Gasteiger partial charge in [0.25, 0.3) is 0 Å². The molecule has 0 bridgehead atoms.